The third-order valence-corrected chi connectivity index (χ3v) is 6.42. The largest absolute Gasteiger partial charge is 0.463 e. The van der Waals surface area contributed by atoms with Gasteiger partial charge in [0, 0.05) is 20.8 Å². The van der Waals surface area contributed by atoms with Crippen LogP contribution in [0.15, 0.2) is 30.6 Å². The molecule has 0 amide bonds. The van der Waals surface area contributed by atoms with E-state index in [2.05, 4.69) is 35.7 Å². The molecule has 13 heteroatoms. The van der Waals surface area contributed by atoms with Crippen molar-refractivity contribution < 1.29 is 38.1 Å². The van der Waals surface area contributed by atoms with Crippen molar-refractivity contribution >= 4 is 40.7 Å². The van der Waals surface area contributed by atoms with Gasteiger partial charge in [0.2, 0.25) is 0 Å². The summed E-state index contributed by atoms with van der Waals surface area (Å²) in [5.41, 5.74) is 2.61. The van der Waals surface area contributed by atoms with E-state index in [-0.39, 0.29) is 41.0 Å². The number of aromatic nitrogens is 4. The van der Waals surface area contributed by atoms with Gasteiger partial charge in [-0.15, -0.1) is 0 Å². The molecular weight excluding hydrogens is 544 g/mol. The first-order valence-electron chi connectivity index (χ1n) is 12.6. The summed E-state index contributed by atoms with van der Waals surface area (Å²) >= 11 is 6.41. The molecule has 0 unspecified atom stereocenters. The van der Waals surface area contributed by atoms with Gasteiger partial charge in [-0.25, -0.2) is 4.98 Å². The van der Waals surface area contributed by atoms with E-state index in [4.69, 9.17) is 35.3 Å². The molecule has 3 heterocycles. The van der Waals surface area contributed by atoms with E-state index in [0.717, 1.165) is 5.56 Å². The average molecular weight is 575 g/mol. The van der Waals surface area contributed by atoms with Crippen LogP contribution in [-0.2, 0) is 45.4 Å². The number of benzene rings is 1. The number of carbonyl (C=O) groups excluding carboxylic acids is 3. The fourth-order valence-corrected chi connectivity index (χ4v) is 4.49. The number of carbonyl (C=O) groups is 3. The second-order valence-electron chi connectivity index (χ2n) is 10.4. The molecule has 2 aromatic heterocycles. The predicted octanol–water partition coefficient (Wildman–Crippen LogP) is 3.68. The zero-order valence-corrected chi connectivity index (χ0v) is 23.8. The lowest BCUT2D eigenvalue weighted by Gasteiger charge is -2.23. The second-order valence-corrected chi connectivity index (χ2v) is 10.7. The number of fused-ring (bicyclic) bond motifs is 1. The van der Waals surface area contributed by atoms with Gasteiger partial charge >= 0.3 is 23.9 Å². The predicted molar refractivity (Wildman–Crippen MR) is 141 cm³/mol. The number of rotatable bonds is 8. The van der Waals surface area contributed by atoms with Gasteiger partial charge in [-0.1, -0.05) is 56.6 Å². The Morgan fingerprint density at radius 2 is 1.62 bits per heavy atom. The Hall–Kier alpha value is -3.77. The number of esters is 3. The molecule has 0 spiro atoms. The Labute approximate surface area is 235 Å². The number of imidazole rings is 1. The fraction of sp³-hybridized carbons (Fsp3) is 0.481. The van der Waals surface area contributed by atoms with Gasteiger partial charge in [-0.3, -0.25) is 19.0 Å². The van der Waals surface area contributed by atoms with Crippen LogP contribution in [0.1, 0.15) is 58.9 Å². The third kappa shape index (κ3) is 6.68. The molecule has 214 valence electrons. The molecule has 0 N–H and O–H groups in total. The Bertz CT molecular complexity index is 1400. The molecule has 1 saturated heterocycles. The lowest BCUT2D eigenvalue weighted by Crippen LogP contribution is -2.40. The van der Waals surface area contributed by atoms with Gasteiger partial charge in [-0.2, -0.15) is 9.97 Å². The van der Waals surface area contributed by atoms with Gasteiger partial charge in [0.05, 0.1) is 6.33 Å². The van der Waals surface area contributed by atoms with E-state index < -0.39 is 42.4 Å². The maximum absolute atomic E-state index is 12.0. The van der Waals surface area contributed by atoms with Crippen molar-refractivity contribution in [2.75, 3.05) is 6.61 Å². The van der Waals surface area contributed by atoms with Gasteiger partial charge in [0.25, 0.3) is 0 Å². The molecule has 4 rings (SSSR count). The van der Waals surface area contributed by atoms with E-state index in [0.29, 0.717) is 0 Å². The first-order chi connectivity index (χ1) is 18.8. The van der Waals surface area contributed by atoms with Crippen molar-refractivity contribution in [3.05, 3.63) is 46.9 Å². The maximum Gasteiger partial charge on any atom is 0.320 e. The minimum absolute atomic E-state index is 0.00539. The third-order valence-electron chi connectivity index (χ3n) is 6.16. The van der Waals surface area contributed by atoms with E-state index in [9.17, 15) is 14.4 Å². The quantitative estimate of drug-likeness (QED) is 0.221. The summed E-state index contributed by atoms with van der Waals surface area (Å²) < 4.78 is 29.4. The van der Waals surface area contributed by atoms with Crippen LogP contribution in [0.5, 0.6) is 6.01 Å². The fourth-order valence-electron chi connectivity index (χ4n) is 4.28. The standard InChI is InChI=1S/C27H31ClN4O8/c1-14(33)36-12-19-21(38-15(2)34)22(39-16(3)35)25(40-19)32-13-29-20-23(28)30-26(31-24(20)32)37-11-17-7-9-18(10-8-17)27(4,5)6/h7-10,13,19,21-22,25H,11-12H2,1-6H3/t19-,21-,22-,25-/m1/s1. The smallest absolute Gasteiger partial charge is 0.320 e. The second kappa shape index (κ2) is 11.8. The minimum atomic E-state index is -1.11. The highest BCUT2D eigenvalue weighted by Gasteiger charge is 2.51. The summed E-state index contributed by atoms with van der Waals surface area (Å²) in [6.45, 7) is 10.0. The summed E-state index contributed by atoms with van der Waals surface area (Å²) in [5, 5.41) is 0.0388. The van der Waals surface area contributed by atoms with Crippen molar-refractivity contribution in [1.82, 2.24) is 19.5 Å². The maximum atomic E-state index is 12.0. The molecular formula is C27H31ClN4O8. The van der Waals surface area contributed by atoms with Crippen LogP contribution in [0, 0.1) is 0 Å². The van der Waals surface area contributed by atoms with Crippen LogP contribution in [0.3, 0.4) is 0 Å². The van der Waals surface area contributed by atoms with Crippen LogP contribution < -0.4 is 4.74 Å². The van der Waals surface area contributed by atoms with Gasteiger partial charge in [0.15, 0.2) is 29.2 Å². The highest BCUT2D eigenvalue weighted by atomic mass is 35.5. The molecule has 40 heavy (non-hydrogen) atoms. The highest BCUT2D eigenvalue weighted by molar-refractivity contribution is 6.33. The summed E-state index contributed by atoms with van der Waals surface area (Å²) in [7, 11) is 0. The van der Waals surface area contributed by atoms with E-state index in [1.54, 1.807) is 0 Å². The number of hydrogen-bond acceptors (Lipinski definition) is 11. The number of halogens is 1. The zero-order valence-electron chi connectivity index (χ0n) is 23.0. The summed E-state index contributed by atoms with van der Waals surface area (Å²) in [5.74, 6) is -1.83. The molecule has 0 saturated carbocycles. The summed E-state index contributed by atoms with van der Waals surface area (Å²) in [6, 6.07) is 8.03. The Balaban J connectivity index is 1.64. The number of hydrogen-bond donors (Lipinski definition) is 0. The SMILES string of the molecule is CC(=O)OC[C@H]1O[C@@H](n2cnc3c(Cl)nc(OCc4ccc(C(C)(C)C)cc4)nc32)[C@H](OC(C)=O)[C@@H]1OC(C)=O. The van der Waals surface area contributed by atoms with Crippen molar-refractivity contribution in [3.63, 3.8) is 0 Å². The average Bonchev–Trinajstić information content (AvgIpc) is 3.42. The monoisotopic (exact) mass is 574 g/mol. The van der Waals surface area contributed by atoms with Crippen LogP contribution in [0.25, 0.3) is 11.2 Å². The van der Waals surface area contributed by atoms with Crippen LogP contribution >= 0.6 is 11.6 Å². The number of nitrogens with zero attached hydrogens (tertiary/aromatic N) is 4. The van der Waals surface area contributed by atoms with E-state index in [1.165, 1.54) is 37.2 Å². The summed E-state index contributed by atoms with van der Waals surface area (Å²) in [4.78, 5) is 48.3. The Morgan fingerprint density at radius 1 is 0.975 bits per heavy atom. The highest BCUT2D eigenvalue weighted by Crippen LogP contribution is 2.37. The molecule has 0 radical (unpaired) electrons. The van der Waals surface area contributed by atoms with Crippen LogP contribution in [0.4, 0.5) is 0 Å². The van der Waals surface area contributed by atoms with Crippen molar-refractivity contribution in [3.8, 4) is 6.01 Å². The van der Waals surface area contributed by atoms with Crippen molar-refractivity contribution in [1.29, 1.82) is 0 Å². The number of ether oxygens (including phenoxy) is 5. The van der Waals surface area contributed by atoms with Crippen LogP contribution in [-0.4, -0.2) is 62.3 Å². The molecule has 1 fully saturated rings. The van der Waals surface area contributed by atoms with Gasteiger partial charge in [-0.05, 0) is 16.5 Å². The Kier molecular flexibility index (Phi) is 8.59. The van der Waals surface area contributed by atoms with Crippen molar-refractivity contribution in [2.24, 2.45) is 0 Å². The van der Waals surface area contributed by atoms with Crippen molar-refractivity contribution in [2.45, 2.75) is 78.1 Å². The minimum Gasteiger partial charge on any atom is -0.463 e. The normalized spacial score (nSPS) is 20.8. The molecule has 1 aliphatic heterocycles. The summed E-state index contributed by atoms with van der Waals surface area (Å²) in [6.07, 6.45) is -2.79. The first-order valence-corrected chi connectivity index (χ1v) is 13.0. The molecule has 0 aliphatic carbocycles. The molecule has 0 bridgehead atoms. The van der Waals surface area contributed by atoms with Gasteiger partial charge < -0.3 is 23.7 Å². The molecule has 12 nitrogen and oxygen atoms in total. The van der Waals surface area contributed by atoms with Gasteiger partial charge in [0.1, 0.15) is 24.8 Å². The topological polar surface area (TPSA) is 141 Å². The molecule has 1 aromatic carbocycles. The Morgan fingerprint density at radius 3 is 2.23 bits per heavy atom. The first kappa shape index (κ1) is 29.2. The molecule has 3 aromatic rings. The molecule has 4 atom stereocenters. The van der Waals surface area contributed by atoms with E-state index in [1.807, 2.05) is 24.3 Å². The van der Waals surface area contributed by atoms with Crippen LogP contribution in [0.2, 0.25) is 5.15 Å². The van der Waals surface area contributed by atoms with E-state index >= 15 is 0 Å². The molecule has 1 aliphatic rings. The lowest BCUT2D eigenvalue weighted by molar-refractivity contribution is -0.166. The lowest BCUT2D eigenvalue weighted by atomic mass is 9.87. The zero-order chi connectivity index (χ0) is 29.2.